The Morgan fingerprint density at radius 1 is 0.968 bits per heavy atom. The van der Waals surface area contributed by atoms with E-state index in [0.29, 0.717) is 11.6 Å². The quantitative estimate of drug-likeness (QED) is 0.573. The van der Waals surface area contributed by atoms with Crippen LogP contribution in [0.15, 0.2) is 59.6 Å². The van der Waals surface area contributed by atoms with E-state index in [1.54, 1.807) is 12.1 Å². The van der Waals surface area contributed by atoms with Crippen LogP contribution >= 0.6 is 12.4 Å². The second kappa shape index (κ2) is 8.82. The van der Waals surface area contributed by atoms with Crippen LogP contribution in [0.3, 0.4) is 0 Å². The highest BCUT2D eigenvalue weighted by Gasteiger charge is 2.32. The molecule has 5 nitrogen and oxygen atoms in total. The van der Waals surface area contributed by atoms with Gasteiger partial charge in [-0.1, -0.05) is 12.1 Å². The zero-order valence-corrected chi connectivity index (χ0v) is 18.5. The normalized spacial score (nSPS) is 16.4. The summed E-state index contributed by atoms with van der Waals surface area (Å²) in [5.41, 5.74) is 0.519. The van der Waals surface area contributed by atoms with Crippen LogP contribution in [0.25, 0.3) is 10.9 Å². The van der Waals surface area contributed by atoms with Crippen molar-refractivity contribution in [2.24, 2.45) is 0 Å². The van der Waals surface area contributed by atoms with Crippen molar-refractivity contribution >= 4 is 33.3 Å². The summed E-state index contributed by atoms with van der Waals surface area (Å²) in [6.45, 7) is 4.73. The Labute approximate surface area is 185 Å². The van der Waals surface area contributed by atoms with Crippen molar-refractivity contribution in [3.8, 4) is 0 Å². The van der Waals surface area contributed by atoms with Crippen LogP contribution in [-0.4, -0.2) is 55.4 Å². The minimum Gasteiger partial charge on any atom is -0.304 e. The lowest BCUT2D eigenvalue weighted by Crippen LogP contribution is -2.43. The topological polar surface area (TPSA) is 45.5 Å². The largest absolute Gasteiger partial charge is 0.416 e. The molecular formula is C21H23ClF3N3O2S. The molecule has 0 atom stereocenters. The van der Waals surface area contributed by atoms with E-state index < -0.39 is 26.7 Å². The highest BCUT2D eigenvalue weighted by atomic mass is 35.5. The third-order valence-electron chi connectivity index (χ3n) is 5.44. The number of likely N-dealkylation sites (N-methyl/N-ethyl adjacent to an activating group) is 1. The Balaban J connectivity index is 0.00000272. The molecule has 10 heteroatoms. The molecular weight excluding hydrogens is 451 g/mol. The summed E-state index contributed by atoms with van der Waals surface area (Å²) in [5.74, 6) is 0. The fourth-order valence-electron chi connectivity index (χ4n) is 3.69. The van der Waals surface area contributed by atoms with Crippen molar-refractivity contribution in [3.63, 3.8) is 0 Å². The number of hydrogen-bond donors (Lipinski definition) is 0. The van der Waals surface area contributed by atoms with Gasteiger partial charge in [0.1, 0.15) is 0 Å². The molecule has 0 spiro atoms. The summed E-state index contributed by atoms with van der Waals surface area (Å²) in [5, 5.41) is 0.733. The van der Waals surface area contributed by atoms with E-state index in [2.05, 4.69) is 16.8 Å². The third kappa shape index (κ3) is 4.90. The van der Waals surface area contributed by atoms with Crippen molar-refractivity contribution in [3.05, 3.63) is 65.9 Å². The summed E-state index contributed by atoms with van der Waals surface area (Å²) >= 11 is 0. The molecule has 168 valence electrons. The van der Waals surface area contributed by atoms with Crippen molar-refractivity contribution in [2.45, 2.75) is 17.6 Å². The van der Waals surface area contributed by atoms with Gasteiger partial charge in [-0.15, -0.1) is 12.4 Å². The van der Waals surface area contributed by atoms with E-state index in [4.69, 9.17) is 0 Å². The van der Waals surface area contributed by atoms with Crippen LogP contribution in [0.5, 0.6) is 0 Å². The van der Waals surface area contributed by atoms with Gasteiger partial charge in [-0.3, -0.25) is 4.90 Å². The van der Waals surface area contributed by atoms with Gasteiger partial charge in [-0.05, 0) is 49.0 Å². The van der Waals surface area contributed by atoms with E-state index in [9.17, 15) is 21.6 Å². The Bertz CT molecular complexity index is 1170. The summed E-state index contributed by atoms with van der Waals surface area (Å²) in [6, 6.07) is 11.0. The SMILES string of the molecule is CN1CCN(Cc2ccc3c(ccn3S(=O)(=O)c3cccc(C(F)(F)F)c3)c2)CC1.Cl. The molecule has 0 saturated carbocycles. The second-order valence-electron chi connectivity index (χ2n) is 7.61. The van der Waals surface area contributed by atoms with Crippen molar-refractivity contribution in [2.75, 3.05) is 33.2 Å². The molecule has 3 aromatic rings. The number of alkyl halides is 3. The highest BCUT2D eigenvalue weighted by Crippen LogP contribution is 2.31. The molecule has 1 aliphatic heterocycles. The van der Waals surface area contributed by atoms with Crippen molar-refractivity contribution < 1.29 is 21.6 Å². The predicted molar refractivity (Wildman–Crippen MR) is 116 cm³/mol. The summed E-state index contributed by atoms with van der Waals surface area (Å²) in [7, 11) is -2.06. The van der Waals surface area contributed by atoms with Gasteiger partial charge in [-0.25, -0.2) is 12.4 Å². The number of fused-ring (bicyclic) bond motifs is 1. The Morgan fingerprint density at radius 2 is 1.68 bits per heavy atom. The lowest BCUT2D eigenvalue weighted by molar-refractivity contribution is -0.137. The molecule has 0 bridgehead atoms. The summed E-state index contributed by atoms with van der Waals surface area (Å²) < 4.78 is 66.1. The highest BCUT2D eigenvalue weighted by molar-refractivity contribution is 7.90. The summed E-state index contributed by atoms with van der Waals surface area (Å²) in [4.78, 5) is 4.23. The van der Waals surface area contributed by atoms with Gasteiger partial charge in [-0.2, -0.15) is 13.2 Å². The first-order valence-electron chi connectivity index (χ1n) is 9.58. The third-order valence-corrected chi connectivity index (χ3v) is 7.13. The number of nitrogens with zero attached hydrogens (tertiary/aromatic N) is 3. The number of hydrogen-bond acceptors (Lipinski definition) is 4. The van der Waals surface area contributed by atoms with E-state index >= 15 is 0 Å². The lowest BCUT2D eigenvalue weighted by atomic mass is 10.1. The van der Waals surface area contributed by atoms with Gasteiger partial charge in [0.15, 0.2) is 0 Å². The van der Waals surface area contributed by atoms with Crippen LogP contribution in [0.2, 0.25) is 0 Å². The van der Waals surface area contributed by atoms with E-state index in [1.165, 1.54) is 12.3 Å². The zero-order chi connectivity index (χ0) is 21.5. The van der Waals surface area contributed by atoms with Crippen LogP contribution in [0.4, 0.5) is 13.2 Å². The fourth-order valence-corrected chi connectivity index (χ4v) is 5.08. The molecule has 0 amide bonds. The van der Waals surface area contributed by atoms with Gasteiger partial charge < -0.3 is 4.90 Å². The molecule has 1 aliphatic rings. The molecule has 2 heterocycles. The standard InChI is InChI=1S/C21H22F3N3O2S.ClH/c1-25-9-11-26(12-10-25)15-16-5-6-20-17(13-16)7-8-27(20)30(28,29)19-4-2-3-18(14-19)21(22,23)24;/h2-8,13-14H,9-12,15H2,1H3;1H. The van der Waals surface area contributed by atoms with E-state index in [-0.39, 0.29) is 12.4 Å². The lowest BCUT2D eigenvalue weighted by Gasteiger charge is -2.32. The van der Waals surface area contributed by atoms with Crippen molar-refractivity contribution in [1.29, 1.82) is 0 Å². The van der Waals surface area contributed by atoms with Crippen molar-refractivity contribution in [1.82, 2.24) is 13.8 Å². The van der Waals surface area contributed by atoms with Gasteiger partial charge in [0.25, 0.3) is 10.0 Å². The maximum absolute atomic E-state index is 13.0. The van der Waals surface area contributed by atoms with E-state index in [0.717, 1.165) is 59.8 Å². The zero-order valence-electron chi connectivity index (χ0n) is 16.8. The van der Waals surface area contributed by atoms with Crippen LogP contribution in [-0.2, 0) is 22.7 Å². The van der Waals surface area contributed by atoms with Crippen LogP contribution in [0.1, 0.15) is 11.1 Å². The van der Waals surface area contributed by atoms with Gasteiger partial charge in [0.2, 0.25) is 0 Å². The minimum absolute atomic E-state index is 0. The number of aromatic nitrogens is 1. The predicted octanol–water partition coefficient (Wildman–Crippen LogP) is 4.07. The van der Waals surface area contributed by atoms with Crippen LogP contribution in [0, 0.1) is 0 Å². The average Bonchev–Trinajstić information content (AvgIpc) is 3.13. The first-order chi connectivity index (χ1) is 14.1. The molecule has 31 heavy (non-hydrogen) atoms. The average molecular weight is 474 g/mol. The smallest absolute Gasteiger partial charge is 0.304 e. The molecule has 1 saturated heterocycles. The molecule has 1 fully saturated rings. The van der Waals surface area contributed by atoms with Gasteiger partial charge >= 0.3 is 6.18 Å². The molecule has 1 aromatic heterocycles. The first-order valence-corrected chi connectivity index (χ1v) is 11.0. The van der Waals surface area contributed by atoms with Crippen LogP contribution < -0.4 is 0 Å². The maximum Gasteiger partial charge on any atom is 0.416 e. The van der Waals surface area contributed by atoms with Gasteiger partial charge in [0, 0.05) is 44.3 Å². The molecule has 0 N–H and O–H groups in total. The molecule has 4 rings (SSSR count). The van der Waals surface area contributed by atoms with E-state index in [1.807, 2.05) is 12.1 Å². The monoisotopic (exact) mass is 473 g/mol. The molecule has 0 aliphatic carbocycles. The second-order valence-corrected chi connectivity index (χ2v) is 9.43. The summed E-state index contributed by atoms with van der Waals surface area (Å²) in [6.07, 6.45) is -3.22. The maximum atomic E-state index is 13.0. The first kappa shape index (κ1) is 23.6. The minimum atomic E-state index is -4.61. The molecule has 0 radical (unpaired) electrons. The number of benzene rings is 2. The Morgan fingerprint density at radius 3 is 2.35 bits per heavy atom. The Hall–Kier alpha value is -2.07. The van der Waals surface area contributed by atoms with Gasteiger partial charge in [0.05, 0.1) is 16.0 Å². The number of halogens is 4. The molecule has 2 aromatic carbocycles. The number of rotatable bonds is 4. The molecule has 0 unspecified atom stereocenters. The fraction of sp³-hybridized carbons (Fsp3) is 0.333. The Kier molecular flexibility index (Phi) is 6.71. The number of piperazine rings is 1.